The first kappa shape index (κ1) is 14.3. The van der Waals surface area contributed by atoms with Gasteiger partial charge in [-0.1, -0.05) is 18.2 Å². The normalized spacial score (nSPS) is 10.3. The van der Waals surface area contributed by atoms with Crippen LogP contribution < -0.4 is 10.2 Å². The van der Waals surface area contributed by atoms with Crippen molar-refractivity contribution >= 4 is 11.5 Å². The van der Waals surface area contributed by atoms with Gasteiger partial charge in [0.25, 0.3) is 0 Å². The molecule has 20 heavy (non-hydrogen) atoms. The maximum Gasteiger partial charge on any atom is 0.214 e. The SMILES string of the molecule is CCN(CCNc1cccc(F)n1)c1cccc(C)c1. The van der Waals surface area contributed by atoms with Crippen LogP contribution in [0.2, 0.25) is 0 Å². The molecule has 0 amide bonds. The van der Waals surface area contributed by atoms with Gasteiger partial charge in [0, 0.05) is 25.3 Å². The lowest BCUT2D eigenvalue weighted by Gasteiger charge is -2.23. The van der Waals surface area contributed by atoms with Gasteiger partial charge in [0.05, 0.1) is 0 Å². The summed E-state index contributed by atoms with van der Waals surface area (Å²) in [6.45, 7) is 6.72. The Labute approximate surface area is 119 Å². The first-order chi connectivity index (χ1) is 9.69. The molecule has 0 aliphatic heterocycles. The zero-order valence-electron chi connectivity index (χ0n) is 11.9. The van der Waals surface area contributed by atoms with Crippen molar-refractivity contribution in [1.82, 2.24) is 4.98 Å². The van der Waals surface area contributed by atoms with Crippen molar-refractivity contribution in [2.45, 2.75) is 13.8 Å². The molecule has 0 saturated carbocycles. The van der Waals surface area contributed by atoms with E-state index >= 15 is 0 Å². The molecule has 0 aliphatic carbocycles. The second kappa shape index (κ2) is 6.89. The van der Waals surface area contributed by atoms with Gasteiger partial charge in [0.2, 0.25) is 5.95 Å². The first-order valence-corrected chi connectivity index (χ1v) is 6.87. The summed E-state index contributed by atoms with van der Waals surface area (Å²) in [7, 11) is 0. The molecule has 1 aromatic heterocycles. The lowest BCUT2D eigenvalue weighted by atomic mass is 10.2. The Kier molecular flexibility index (Phi) is 4.93. The molecule has 0 atom stereocenters. The largest absolute Gasteiger partial charge is 0.370 e. The Morgan fingerprint density at radius 3 is 2.70 bits per heavy atom. The summed E-state index contributed by atoms with van der Waals surface area (Å²) < 4.78 is 13.0. The van der Waals surface area contributed by atoms with Gasteiger partial charge in [-0.3, -0.25) is 0 Å². The maximum absolute atomic E-state index is 13.0. The molecule has 4 heteroatoms. The number of hydrogen-bond donors (Lipinski definition) is 1. The molecule has 106 valence electrons. The highest BCUT2D eigenvalue weighted by Crippen LogP contribution is 2.15. The molecule has 1 N–H and O–H groups in total. The van der Waals surface area contributed by atoms with Crippen LogP contribution in [0.3, 0.4) is 0 Å². The third-order valence-electron chi connectivity index (χ3n) is 3.15. The Balaban J connectivity index is 1.91. The van der Waals surface area contributed by atoms with E-state index in [2.05, 4.69) is 53.3 Å². The van der Waals surface area contributed by atoms with Crippen molar-refractivity contribution in [3.05, 3.63) is 54.0 Å². The fourth-order valence-corrected chi connectivity index (χ4v) is 2.12. The molecule has 0 aliphatic rings. The molecular formula is C16H20FN3. The van der Waals surface area contributed by atoms with Crippen molar-refractivity contribution in [2.75, 3.05) is 29.9 Å². The van der Waals surface area contributed by atoms with Crippen molar-refractivity contribution in [2.24, 2.45) is 0 Å². The van der Waals surface area contributed by atoms with Crippen molar-refractivity contribution < 1.29 is 4.39 Å². The summed E-state index contributed by atoms with van der Waals surface area (Å²) in [5, 5.41) is 3.14. The number of anilines is 2. The highest BCUT2D eigenvalue weighted by Gasteiger charge is 2.04. The molecule has 0 bridgehead atoms. The van der Waals surface area contributed by atoms with E-state index in [1.165, 1.54) is 17.3 Å². The number of likely N-dealkylation sites (N-methyl/N-ethyl adjacent to an activating group) is 1. The summed E-state index contributed by atoms with van der Waals surface area (Å²) in [6.07, 6.45) is 0. The van der Waals surface area contributed by atoms with E-state index in [9.17, 15) is 4.39 Å². The standard InChI is InChI=1S/C16H20FN3/c1-3-20(14-7-4-6-13(2)12-14)11-10-18-16-9-5-8-15(17)19-16/h4-9,12H,3,10-11H2,1-2H3,(H,18,19). The van der Waals surface area contributed by atoms with E-state index < -0.39 is 5.95 Å². The number of aromatic nitrogens is 1. The number of halogens is 1. The molecular weight excluding hydrogens is 253 g/mol. The van der Waals surface area contributed by atoms with Crippen LogP contribution in [0.5, 0.6) is 0 Å². The fourth-order valence-electron chi connectivity index (χ4n) is 2.12. The molecule has 1 aromatic carbocycles. The Morgan fingerprint density at radius 1 is 1.20 bits per heavy atom. The minimum Gasteiger partial charge on any atom is -0.370 e. The Hall–Kier alpha value is -2.10. The Morgan fingerprint density at radius 2 is 2.00 bits per heavy atom. The average Bonchev–Trinajstić information content (AvgIpc) is 2.44. The van der Waals surface area contributed by atoms with Crippen molar-refractivity contribution in [3.8, 4) is 0 Å². The lowest BCUT2D eigenvalue weighted by molar-refractivity contribution is 0.585. The minimum absolute atomic E-state index is 0.457. The second-order valence-electron chi connectivity index (χ2n) is 4.69. The van der Waals surface area contributed by atoms with Gasteiger partial charge in [0.1, 0.15) is 5.82 Å². The molecule has 0 fully saturated rings. The second-order valence-corrected chi connectivity index (χ2v) is 4.69. The smallest absolute Gasteiger partial charge is 0.214 e. The number of benzene rings is 1. The molecule has 3 nitrogen and oxygen atoms in total. The van der Waals surface area contributed by atoms with E-state index in [0.717, 1.165) is 19.6 Å². The number of pyridine rings is 1. The van der Waals surface area contributed by atoms with Crippen LogP contribution in [0.25, 0.3) is 0 Å². The van der Waals surface area contributed by atoms with Crippen molar-refractivity contribution in [1.29, 1.82) is 0 Å². The number of hydrogen-bond acceptors (Lipinski definition) is 3. The minimum atomic E-state index is -0.457. The number of nitrogens with one attached hydrogen (secondary N) is 1. The summed E-state index contributed by atoms with van der Waals surface area (Å²) >= 11 is 0. The van der Waals surface area contributed by atoms with Crippen LogP contribution in [-0.2, 0) is 0 Å². The van der Waals surface area contributed by atoms with Crippen LogP contribution in [-0.4, -0.2) is 24.6 Å². The lowest BCUT2D eigenvalue weighted by Crippen LogP contribution is -2.29. The van der Waals surface area contributed by atoms with E-state index in [1.807, 2.05) is 0 Å². The van der Waals surface area contributed by atoms with Gasteiger partial charge in [-0.05, 0) is 43.7 Å². The summed E-state index contributed by atoms with van der Waals surface area (Å²) in [6, 6.07) is 13.2. The zero-order valence-corrected chi connectivity index (χ0v) is 11.9. The van der Waals surface area contributed by atoms with E-state index in [0.29, 0.717) is 5.82 Å². The first-order valence-electron chi connectivity index (χ1n) is 6.87. The van der Waals surface area contributed by atoms with Gasteiger partial charge in [-0.15, -0.1) is 0 Å². The quantitative estimate of drug-likeness (QED) is 0.817. The number of nitrogens with zero attached hydrogens (tertiary/aromatic N) is 2. The summed E-state index contributed by atoms with van der Waals surface area (Å²) in [5.74, 6) is 0.117. The van der Waals surface area contributed by atoms with Crippen LogP contribution >= 0.6 is 0 Å². The average molecular weight is 273 g/mol. The van der Waals surface area contributed by atoms with Gasteiger partial charge in [-0.2, -0.15) is 4.39 Å². The monoisotopic (exact) mass is 273 g/mol. The maximum atomic E-state index is 13.0. The summed E-state index contributed by atoms with van der Waals surface area (Å²) in [4.78, 5) is 6.06. The van der Waals surface area contributed by atoms with Gasteiger partial charge in [0.15, 0.2) is 0 Å². The molecule has 0 unspecified atom stereocenters. The third kappa shape index (κ3) is 3.95. The van der Waals surface area contributed by atoms with Crippen LogP contribution in [0.15, 0.2) is 42.5 Å². The highest BCUT2D eigenvalue weighted by molar-refractivity contribution is 5.48. The Bertz CT molecular complexity index is 557. The van der Waals surface area contributed by atoms with Crippen LogP contribution in [0.1, 0.15) is 12.5 Å². The van der Waals surface area contributed by atoms with Crippen LogP contribution in [0.4, 0.5) is 15.9 Å². The molecule has 0 saturated heterocycles. The van der Waals surface area contributed by atoms with Gasteiger partial charge >= 0.3 is 0 Å². The predicted molar refractivity (Wildman–Crippen MR) is 81.8 cm³/mol. The van der Waals surface area contributed by atoms with E-state index in [4.69, 9.17) is 0 Å². The number of rotatable bonds is 6. The zero-order chi connectivity index (χ0) is 14.4. The summed E-state index contributed by atoms with van der Waals surface area (Å²) in [5.41, 5.74) is 2.46. The van der Waals surface area contributed by atoms with Crippen molar-refractivity contribution in [3.63, 3.8) is 0 Å². The molecule has 0 spiro atoms. The topological polar surface area (TPSA) is 28.2 Å². The molecule has 1 heterocycles. The van der Waals surface area contributed by atoms with Crippen LogP contribution in [0, 0.1) is 12.9 Å². The van der Waals surface area contributed by atoms with Gasteiger partial charge in [-0.25, -0.2) is 4.98 Å². The molecule has 2 rings (SSSR count). The molecule has 2 aromatic rings. The number of aryl methyl sites for hydroxylation is 1. The highest BCUT2D eigenvalue weighted by atomic mass is 19.1. The van der Waals surface area contributed by atoms with Gasteiger partial charge < -0.3 is 10.2 Å². The fraction of sp³-hybridized carbons (Fsp3) is 0.312. The predicted octanol–water partition coefficient (Wildman–Crippen LogP) is 3.47. The van der Waals surface area contributed by atoms with E-state index in [1.54, 1.807) is 12.1 Å². The molecule has 0 radical (unpaired) electrons. The van der Waals surface area contributed by atoms with E-state index in [-0.39, 0.29) is 0 Å². The third-order valence-corrected chi connectivity index (χ3v) is 3.15.